The van der Waals surface area contributed by atoms with Crippen molar-refractivity contribution in [3.05, 3.63) is 102 Å². The van der Waals surface area contributed by atoms with Gasteiger partial charge in [-0.05, 0) is 61.6 Å². The number of piperidine rings is 1. The maximum absolute atomic E-state index is 14.6. The van der Waals surface area contributed by atoms with Gasteiger partial charge < -0.3 is 30.4 Å². The van der Waals surface area contributed by atoms with Crippen LogP contribution in [-0.4, -0.2) is 80.4 Å². The Morgan fingerprint density at radius 3 is 2.38 bits per heavy atom. The summed E-state index contributed by atoms with van der Waals surface area (Å²) >= 11 is 0. The van der Waals surface area contributed by atoms with E-state index in [-0.39, 0.29) is 30.2 Å². The molecule has 1 unspecified atom stereocenters. The summed E-state index contributed by atoms with van der Waals surface area (Å²) in [7, 11) is 0. The van der Waals surface area contributed by atoms with Gasteiger partial charge in [-0.2, -0.15) is 0 Å². The summed E-state index contributed by atoms with van der Waals surface area (Å²) in [6, 6.07) is 21.3. The Bertz CT molecular complexity index is 1800. The van der Waals surface area contributed by atoms with Gasteiger partial charge in [0.25, 0.3) is 0 Å². The molecule has 4 aromatic rings. The second-order valence-electron chi connectivity index (χ2n) is 14.3. The van der Waals surface area contributed by atoms with Crippen LogP contribution < -0.4 is 15.4 Å². The molecule has 282 valence electrons. The Labute approximate surface area is 312 Å². The largest absolute Gasteiger partial charge is 0.473 e. The average molecular weight is 723 g/mol. The number of hydrogen-bond acceptors (Lipinski definition) is 7. The molecule has 53 heavy (non-hydrogen) atoms. The number of aliphatic hydroxyl groups excluding tert-OH is 1. The molecular formula is C42H54N6O5. The lowest BCUT2D eigenvalue weighted by Crippen LogP contribution is -2.66. The maximum atomic E-state index is 14.6. The fraction of sp³-hybridized carbons (Fsp3) is 0.429. The minimum Gasteiger partial charge on any atom is -0.473 e. The van der Waals surface area contributed by atoms with Crippen molar-refractivity contribution in [2.45, 2.75) is 84.0 Å². The van der Waals surface area contributed by atoms with E-state index in [4.69, 9.17) is 4.74 Å². The molecule has 11 nitrogen and oxygen atoms in total. The summed E-state index contributed by atoms with van der Waals surface area (Å²) in [5, 5.41) is 16.3. The van der Waals surface area contributed by atoms with Crippen LogP contribution >= 0.6 is 0 Å². The number of H-pyrrole nitrogens is 1. The van der Waals surface area contributed by atoms with Gasteiger partial charge in [0.05, 0.1) is 11.7 Å². The number of unbranched alkanes of at least 4 members (excludes halogenated alkanes) is 2. The zero-order valence-electron chi connectivity index (χ0n) is 31.2. The lowest BCUT2D eigenvalue weighted by Gasteiger charge is -2.48. The highest BCUT2D eigenvalue weighted by Crippen LogP contribution is 2.33. The molecule has 3 amide bonds. The molecule has 1 atom stereocenters. The number of aromatic nitrogens is 2. The number of carbonyl (C=O) groups is 3. The molecule has 11 heteroatoms. The molecule has 0 spiro atoms. The monoisotopic (exact) mass is 722 g/mol. The molecule has 4 N–H and O–H groups in total. The van der Waals surface area contributed by atoms with Gasteiger partial charge >= 0.3 is 0 Å². The van der Waals surface area contributed by atoms with Crippen molar-refractivity contribution in [1.82, 2.24) is 30.4 Å². The number of nitrogens with one attached hydrogen (secondary N) is 3. The number of aromatic amines is 1. The van der Waals surface area contributed by atoms with Crippen LogP contribution in [0.4, 0.5) is 0 Å². The van der Waals surface area contributed by atoms with Gasteiger partial charge in [0.15, 0.2) is 0 Å². The van der Waals surface area contributed by atoms with Crippen molar-refractivity contribution < 1.29 is 24.2 Å². The summed E-state index contributed by atoms with van der Waals surface area (Å²) < 4.78 is 5.97. The van der Waals surface area contributed by atoms with E-state index < -0.39 is 11.6 Å². The van der Waals surface area contributed by atoms with Crippen molar-refractivity contribution in [2.75, 3.05) is 26.2 Å². The highest BCUT2D eigenvalue weighted by molar-refractivity contribution is 5.96. The molecule has 2 aromatic heterocycles. The van der Waals surface area contributed by atoms with E-state index >= 15 is 0 Å². The highest BCUT2D eigenvalue weighted by Gasteiger charge is 2.49. The van der Waals surface area contributed by atoms with E-state index in [9.17, 15) is 19.5 Å². The molecule has 1 aliphatic heterocycles. The Morgan fingerprint density at radius 1 is 1.02 bits per heavy atom. The third-order valence-electron chi connectivity index (χ3n) is 9.84. The maximum Gasteiger partial charge on any atom is 0.249 e. The zero-order valence-corrected chi connectivity index (χ0v) is 31.2. The molecule has 1 aliphatic rings. The van der Waals surface area contributed by atoms with E-state index in [1.807, 2.05) is 80.7 Å². The van der Waals surface area contributed by atoms with Crippen LogP contribution in [0.5, 0.6) is 5.88 Å². The van der Waals surface area contributed by atoms with Gasteiger partial charge in [-0.3, -0.25) is 19.3 Å². The first-order valence-electron chi connectivity index (χ1n) is 18.8. The van der Waals surface area contributed by atoms with Crippen molar-refractivity contribution in [3.8, 4) is 5.88 Å². The minimum absolute atomic E-state index is 0.0607. The van der Waals surface area contributed by atoms with Crippen molar-refractivity contribution in [1.29, 1.82) is 0 Å². The number of amides is 3. The van der Waals surface area contributed by atoms with E-state index in [1.54, 1.807) is 17.3 Å². The molecule has 0 bridgehead atoms. The number of likely N-dealkylation sites (tertiary alicyclic amines) is 1. The van der Waals surface area contributed by atoms with Gasteiger partial charge in [0, 0.05) is 69.1 Å². The quantitative estimate of drug-likeness (QED) is 0.0952. The van der Waals surface area contributed by atoms with Gasteiger partial charge in [-0.25, -0.2) is 4.98 Å². The Morgan fingerprint density at radius 2 is 1.72 bits per heavy atom. The number of rotatable bonds is 18. The summed E-state index contributed by atoms with van der Waals surface area (Å²) in [5.74, 6) is -0.163. The number of aliphatic hydroxyl groups is 1. The van der Waals surface area contributed by atoms with E-state index in [2.05, 4.69) is 37.6 Å². The third kappa shape index (κ3) is 10.8. The molecule has 0 radical (unpaired) electrons. The minimum atomic E-state index is -1.15. The lowest BCUT2D eigenvalue weighted by molar-refractivity contribution is -0.153. The molecule has 1 fully saturated rings. The number of hydrogen-bond donors (Lipinski definition) is 4. The van der Waals surface area contributed by atoms with Crippen LogP contribution in [0.1, 0.15) is 76.0 Å². The first kappa shape index (κ1) is 39.2. The molecular weight excluding hydrogens is 668 g/mol. The summed E-state index contributed by atoms with van der Waals surface area (Å²) in [4.78, 5) is 53.2. The number of ether oxygens (including phenoxy) is 1. The van der Waals surface area contributed by atoms with Gasteiger partial charge in [0.2, 0.25) is 23.6 Å². The summed E-state index contributed by atoms with van der Waals surface area (Å²) in [6.07, 6.45) is 10.3. The molecule has 0 aliphatic carbocycles. The zero-order chi connectivity index (χ0) is 37.6. The Kier molecular flexibility index (Phi) is 14.2. The highest BCUT2D eigenvalue weighted by atomic mass is 16.5. The molecule has 0 saturated carbocycles. The number of carbonyl (C=O) groups excluding carboxylic acids is 3. The number of pyridine rings is 1. The SMILES string of the molecule is CC(=O)NC(CC(C)C)C(=O)N(CCCCCO)C1(C(=O)NC=Cc2c[nH]c3cnc(OCc4ccccc4)cc23)CCN(Cc2ccccc2)CC1. The van der Waals surface area contributed by atoms with Gasteiger partial charge in [-0.1, -0.05) is 74.5 Å². The average Bonchev–Trinajstić information content (AvgIpc) is 3.56. The first-order chi connectivity index (χ1) is 25.7. The van der Waals surface area contributed by atoms with Crippen molar-refractivity contribution >= 4 is 34.7 Å². The van der Waals surface area contributed by atoms with Crippen LogP contribution in [0.25, 0.3) is 17.0 Å². The smallest absolute Gasteiger partial charge is 0.249 e. The van der Waals surface area contributed by atoms with E-state index in [0.29, 0.717) is 70.6 Å². The second kappa shape index (κ2) is 19.2. The van der Waals surface area contributed by atoms with Crippen molar-refractivity contribution in [3.63, 3.8) is 0 Å². The van der Waals surface area contributed by atoms with Crippen LogP contribution in [0.3, 0.4) is 0 Å². The topological polar surface area (TPSA) is 140 Å². The fourth-order valence-electron chi connectivity index (χ4n) is 7.08. The third-order valence-corrected chi connectivity index (χ3v) is 9.84. The molecule has 3 heterocycles. The normalized spacial score (nSPS) is 15.0. The second-order valence-corrected chi connectivity index (χ2v) is 14.3. The lowest BCUT2D eigenvalue weighted by atomic mass is 9.83. The molecule has 2 aromatic carbocycles. The van der Waals surface area contributed by atoms with E-state index in [0.717, 1.165) is 28.6 Å². The number of fused-ring (bicyclic) bond motifs is 1. The fourth-order valence-corrected chi connectivity index (χ4v) is 7.08. The standard InChI is InChI=1S/C42H54N6O5/c1-31(2)25-37(46-32(3)50)40(51)48(21-11-6-12-24-49)42(18-22-47(23-19-42)29-33-13-7-4-8-14-33)41(52)43-20-17-35-27-44-38-28-45-39(26-36(35)38)53-30-34-15-9-5-10-16-34/h4-5,7-10,13-17,20,26-28,31,37,44,49H,6,11-12,18-19,21-25,29-30H2,1-3H3,(H,43,52)(H,46,50). The van der Waals surface area contributed by atoms with Crippen LogP contribution in [-0.2, 0) is 27.5 Å². The van der Waals surface area contributed by atoms with Crippen LogP contribution in [0, 0.1) is 5.92 Å². The summed E-state index contributed by atoms with van der Waals surface area (Å²) in [5.41, 5.74) is 2.76. The van der Waals surface area contributed by atoms with E-state index in [1.165, 1.54) is 12.5 Å². The van der Waals surface area contributed by atoms with Crippen molar-refractivity contribution in [2.24, 2.45) is 5.92 Å². The van der Waals surface area contributed by atoms with Gasteiger partial charge in [-0.15, -0.1) is 0 Å². The molecule has 1 saturated heterocycles. The van der Waals surface area contributed by atoms with Crippen LogP contribution in [0.2, 0.25) is 0 Å². The number of benzene rings is 2. The summed E-state index contributed by atoms with van der Waals surface area (Å²) in [6.45, 7) is 8.22. The number of nitrogens with zero attached hydrogens (tertiary/aromatic N) is 3. The molecule has 5 rings (SSSR count). The van der Waals surface area contributed by atoms with Gasteiger partial charge in [0.1, 0.15) is 18.2 Å². The first-order valence-corrected chi connectivity index (χ1v) is 18.8. The predicted molar refractivity (Wildman–Crippen MR) is 207 cm³/mol. The predicted octanol–water partition coefficient (Wildman–Crippen LogP) is 5.81. The Hall–Kier alpha value is -5.00. The van der Waals surface area contributed by atoms with Crippen LogP contribution in [0.15, 0.2) is 85.3 Å². The Balaban J connectivity index is 1.40.